The number of ether oxygens (including phenoxy) is 1. The Kier molecular flexibility index (Phi) is 4.89. The number of hydrogen-bond donors (Lipinski definition) is 1. The summed E-state index contributed by atoms with van der Waals surface area (Å²) in [5.74, 6) is -0.000267. The molecule has 1 unspecified atom stereocenters. The number of anilines is 2. The van der Waals surface area contributed by atoms with Gasteiger partial charge in [-0.1, -0.05) is 6.07 Å². The van der Waals surface area contributed by atoms with E-state index < -0.39 is 10.0 Å². The largest absolute Gasteiger partial charge is 0.368 e. The molecule has 148 valence electrons. The second kappa shape index (κ2) is 7.22. The van der Waals surface area contributed by atoms with Crippen molar-refractivity contribution in [2.75, 3.05) is 22.8 Å². The lowest BCUT2D eigenvalue weighted by molar-refractivity contribution is -0.127. The Balaban J connectivity index is 1.54. The summed E-state index contributed by atoms with van der Waals surface area (Å²) in [6, 6.07) is 10.4. The van der Waals surface area contributed by atoms with Gasteiger partial charge < -0.3 is 9.64 Å². The van der Waals surface area contributed by atoms with Crippen molar-refractivity contribution in [2.24, 2.45) is 0 Å². The first-order valence-corrected chi connectivity index (χ1v) is 11.0. The Bertz CT molecular complexity index is 1030. The summed E-state index contributed by atoms with van der Waals surface area (Å²) >= 11 is 0. The van der Waals surface area contributed by atoms with E-state index in [2.05, 4.69) is 4.72 Å². The molecule has 2 heterocycles. The Morgan fingerprint density at radius 2 is 1.96 bits per heavy atom. The van der Waals surface area contributed by atoms with Gasteiger partial charge in [0, 0.05) is 24.5 Å². The molecule has 28 heavy (non-hydrogen) atoms. The molecule has 7 heteroatoms. The molecule has 2 aromatic carbocycles. The summed E-state index contributed by atoms with van der Waals surface area (Å²) in [7, 11) is -3.66. The van der Waals surface area contributed by atoms with Crippen molar-refractivity contribution >= 4 is 27.3 Å². The molecule has 0 aromatic heterocycles. The van der Waals surface area contributed by atoms with Crippen LogP contribution in [0.1, 0.15) is 29.5 Å². The highest BCUT2D eigenvalue weighted by Gasteiger charge is 2.32. The number of carbonyl (C=O) groups excluding carboxylic acids is 1. The Morgan fingerprint density at radius 3 is 2.68 bits per heavy atom. The molecule has 4 rings (SSSR count). The maximum atomic E-state index is 12.7. The number of nitrogens with one attached hydrogen (secondary N) is 1. The normalized spacial score (nSPS) is 18.9. The lowest BCUT2D eigenvalue weighted by Gasteiger charge is -2.21. The van der Waals surface area contributed by atoms with Crippen LogP contribution in [0.5, 0.6) is 0 Å². The van der Waals surface area contributed by atoms with Crippen molar-refractivity contribution in [1.29, 1.82) is 0 Å². The fourth-order valence-corrected chi connectivity index (χ4v) is 4.87. The lowest BCUT2D eigenvalue weighted by atomic mass is 10.1. The molecule has 0 bridgehead atoms. The third-order valence-electron chi connectivity index (χ3n) is 5.49. The Morgan fingerprint density at radius 1 is 1.14 bits per heavy atom. The van der Waals surface area contributed by atoms with E-state index in [0.29, 0.717) is 25.3 Å². The number of rotatable bonds is 4. The van der Waals surface area contributed by atoms with E-state index in [4.69, 9.17) is 4.74 Å². The zero-order chi connectivity index (χ0) is 19.9. The number of benzene rings is 2. The van der Waals surface area contributed by atoms with Crippen LogP contribution in [-0.2, 0) is 26.0 Å². The van der Waals surface area contributed by atoms with Crippen molar-refractivity contribution < 1.29 is 17.9 Å². The number of carbonyl (C=O) groups is 1. The molecule has 1 N–H and O–H groups in total. The minimum absolute atomic E-state index is 0.000267. The summed E-state index contributed by atoms with van der Waals surface area (Å²) < 4.78 is 33.6. The van der Waals surface area contributed by atoms with Crippen LogP contribution in [0.25, 0.3) is 0 Å². The van der Waals surface area contributed by atoms with Crippen molar-refractivity contribution in [1.82, 2.24) is 0 Å². The van der Waals surface area contributed by atoms with Gasteiger partial charge in [-0.05, 0) is 80.1 Å². The number of amides is 1. The number of hydrogen-bond acceptors (Lipinski definition) is 4. The average Bonchev–Trinajstić information content (AvgIpc) is 3.32. The average molecular weight is 401 g/mol. The highest BCUT2D eigenvalue weighted by molar-refractivity contribution is 7.92. The molecule has 1 atom stereocenters. The van der Waals surface area contributed by atoms with E-state index in [1.165, 1.54) is 0 Å². The van der Waals surface area contributed by atoms with Gasteiger partial charge in [0.15, 0.2) is 0 Å². The van der Waals surface area contributed by atoms with Crippen LogP contribution in [0, 0.1) is 13.8 Å². The fourth-order valence-electron chi connectivity index (χ4n) is 3.74. The zero-order valence-electron chi connectivity index (χ0n) is 16.1. The summed E-state index contributed by atoms with van der Waals surface area (Å²) in [4.78, 5) is 14.7. The minimum atomic E-state index is -3.66. The first kappa shape index (κ1) is 19.0. The van der Waals surface area contributed by atoms with E-state index in [1.54, 1.807) is 29.2 Å². The second-order valence-corrected chi connectivity index (χ2v) is 9.12. The van der Waals surface area contributed by atoms with Crippen LogP contribution in [0.4, 0.5) is 11.4 Å². The van der Waals surface area contributed by atoms with Gasteiger partial charge in [0.1, 0.15) is 6.10 Å². The molecule has 0 aliphatic carbocycles. The second-order valence-electron chi connectivity index (χ2n) is 7.44. The van der Waals surface area contributed by atoms with Crippen molar-refractivity contribution in [3.05, 3.63) is 53.1 Å². The van der Waals surface area contributed by atoms with E-state index in [-0.39, 0.29) is 16.9 Å². The summed E-state index contributed by atoms with van der Waals surface area (Å²) in [5.41, 5.74) is 4.29. The smallest absolute Gasteiger partial charge is 0.261 e. The lowest BCUT2D eigenvalue weighted by Crippen LogP contribution is -2.37. The molecule has 2 aliphatic heterocycles. The molecule has 2 aromatic rings. The van der Waals surface area contributed by atoms with Crippen molar-refractivity contribution in [2.45, 2.75) is 44.1 Å². The molecule has 6 nitrogen and oxygen atoms in total. The minimum Gasteiger partial charge on any atom is -0.368 e. The van der Waals surface area contributed by atoms with Crippen LogP contribution in [0.15, 0.2) is 41.3 Å². The first-order chi connectivity index (χ1) is 13.3. The zero-order valence-corrected chi connectivity index (χ0v) is 16.9. The van der Waals surface area contributed by atoms with Gasteiger partial charge in [-0.3, -0.25) is 9.52 Å². The van der Waals surface area contributed by atoms with Crippen molar-refractivity contribution in [3.8, 4) is 0 Å². The van der Waals surface area contributed by atoms with Gasteiger partial charge in [0.25, 0.3) is 15.9 Å². The van der Waals surface area contributed by atoms with Gasteiger partial charge >= 0.3 is 0 Å². The number of aryl methyl sites for hydroxylation is 2. The molecular weight excluding hydrogens is 376 g/mol. The SMILES string of the molecule is Cc1ccc(S(=O)(=O)Nc2ccc3c(c2)CCN3C(=O)C2CCCO2)cc1C. The molecule has 2 aliphatic rings. The predicted molar refractivity (Wildman–Crippen MR) is 108 cm³/mol. The third-order valence-corrected chi connectivity index (χ3v) is 6.87. The number of sulfonamides is 1. The maximum Gasteiger partial charge on any atom is 0.261 e. The van der Waals surface area contributed by atoms with E-state index in [0.717, 1.165) is 35.2 Å². The van der Waals surface area contributed by atoms with Gasteiger partial charge in [0.05, 0.1) is 4.90 Å². The maximum absolute atomic E-state index is 12.7. The van der Waals surface area contributed by atoms with Gasteiger partial charge in [-0.15, -0.1) is 0 Å². The van der Waals surface area contributed by atoms with Crippen LogP contribution in [0.2, 0.25) is 0 Å². The van der Waals surface area contributed by atoms with E-state index in [9.17, 15) is 13.2 Å². The van der Waals surface area contributed by atoms with Crippen LogP contribution < -0.4 is 9.62 Å². The molecule has 0 spiro atoms. The monoisotopic (exact) mass is 400 g/mol. The topological polar surface area (TPSA) is 75.7 Å². The number of fused-ring (bicyclic) bond motifs is 1. The standard InChI is InChI=1S/C21H24N2O4S/c1-14-5-7-18(12-15(14)2)28(25,26)22-17-6-8-19-16(13-17)9-10-23(19)21(24)20-4-3-11-27-20/h5-8,12-13,20,22H,3-4,9-11H2,1-2H3. The molecular formula is C21H24N2O4S. The summed E-state index contributed by atoms with van der Waals surface area (Å²) in [6.07, 6.45) is 2.02. The summed E-state index contributed by atoms with van der Waals surface area (Å²) in [5, 5.41) is 0. The van der Waals surface area contributed by atoms with Gasteiger partial charge in [-0.25, -0.2) is 8.42 Å². The fraction of sp³-hybridized carbons (Fsp3) is 0.381. The highest BCUT2D eigenvalue weighted by Crippen LogP contribution is 2.33. The van der Waals surface area contributed by atoms with Crippen LogP contribution in [-0.4, -0.2) is 33.6 Å². The number of nitrogens with zero attached hydrogens (tertiary/aromatic N) is 1. The Labute approximate surface area is 165 Å². The van der Waals surface area contributed by atoms with E-state index >= 15 is 0 Å². The summed E-state index contributed by atoms with van der Waals surface area (Å²) in [6.45, 7) is 5.07. The van der Waals surface area contributed by atoms with Crippen LogP contribution >= 0.6 is 0 Å². The van der Waals surface area contributed by atoms with Crippen molar-refractivity contribution in [3.63, 3.8) is 0 Å². The van der Waals surface area contributed by atoms with E-state index in [1.807, 2.05) is 26.0 Å². The molecule has 1 saturated heterocycles. The third kappa shape index (κ3) is 3.52. The van der Waals surface area contributed by atoms with Gasteiger partial charge in [-0.2, -0.15) is 0 Å². The first-order valence-electron chi connectivity index (χ1n) is 9.51. The highest BCUT2D eigenvalue weighted by atomic mass is 32.2. The quantitative estimate of drug-likeness (QED) is 0.855. The van der Waals surface area contributed by atoms with Crippen LogP contribution in [0.3, 0.4) is 0 Å². The predicted octanol–water partition coefficient (Wildman–Crippen LogP) is 3.17. The molecule has 0 radical (unpaired) electrons. The molecule has 0 saturated carbocycles. The molecule has 1 fully saturated rings. The Hall–Kier alpha value is -2.38. The molecule has 1 amide bonds. The van der Waals surface area contributed by atoms with Gasteiger partial charge in [0.2, 0.25) is 0 Å².